The lowest BCUT2D eigenvalue weighted by Gasteiger charge is -2.26. The normalized spacial score (nSPS) is 28.8. The first-order valence-corrected chi connectivity index (χ1v) is 10.1. The van der Waals surface area contributed by atoms with E-state index in [1.807, 2.05) is 18.3 Å². The number of benzene rings is 1. The largest absolute Gasteiger partial charge is 0.497 e. The Morgan fingerprint density at radius 3 is 2.73 bits per heavy atom. The summed E-state index contributed by atoms with van der Waals surface area (Å²) in [5.41, 5.74) is 2.59. The van der Waals surface area contributed by atoms with Crippen molar-refractivity contribution >= 4 is 33.3 Å². The van der Waals surface area contributed by atoms with Gasteiger partial charge in [-0.05, 0) is 52.9 Å². The number of anilines is 1. The molecule has 2 aliphatic heterocycles. The summed E-state index contributed by atoms with van der Waals surface area (Å²) in [5, 5.41) is 0.810. The van der Waals surface area contributed by atoms with Crippen molar-refractivity contribution in [1.82, 2.24) is 4.98 Å². The molecular formula is C20H20BrClN2O2. The second-order valence-corrected chi connectivity index (χ2v) is 8.98. The van der Waals surface area contributed by atoms with E-state index >= 15 is 0 Å². The SMILES string of the molecule is COc1ccc(CN2C[C@@]3(CC[C@]4(CO4)C3)c3c2ncc(Br)c3Cl)cc1. The van der Waals surface area contributed by atoms with Crippen LogP contribution in [0.4, 0.5) is 5.82 Å². The first-order chi connectivity index (χ1) is 12.5. The van der Waals surface area contributed by atoms with E-state index in [2.05, 4.69) is 33.0 Å². The Bertz CT molecular complexity index is 869. The lowest BCUT2D eigenvalue weighted by molar-refractivity contribution is 0.295. The fourth-order valence-corrected chi connectivity index (χ4v) is 5.36. The van der Waals surface area contributed by atoms with Gasteiger partial charge in [0.25, 0.3) is 0 Å². The number of ether oxygens (including phenoxy) is 2. The lowest BCUT2D eigenvalue weighted by atomic mass is 9.80. The van der Waals surface area contributed by atoms with Gasteiger partial charge in [0, 0.05) is 30.3 Å². The van der Waals surface area contributed by atoms with Crippen LogP contribution in [0.2, 0.25) is 5.02 Å². The van der Waals surface area contributed by atoms with Crippen LogP contribution in [0.25, 0.3) is 0 Å². The molecule has 1 aromatic heterocycles. The predicted octanol–water partition coefficient (Wildman–Crippen LogP) is 4.72. The monoisotopic (exact) mass is 434 g/mol. The summed E-state index contributed by atoms with van der Waals surface area (Å²) in [6, 6.07) is 8.24. The van der Waals surface area contributed by atoms with Crippen LogP contribution in [0, 0.1) is 0 Å². The van der Waals surface area contributed by atoms with Crippen molar-refractivity contribution < 1.29 is 9.47 Å². The van der Waals surface area contributed by atoms with Gasteiger partial charge < -0.3 is 14.4 Å². The average molecular weight is 436 g/mol. The van der Waals surface area contributed by atoms with E-state index in [1.54, 1.807) is 7.11 Å². The Kier molecular flexibility index (Phi) is 3.79. The molecule has 1 saturated heterocycles. The van der Waals surface area contributed by atoms with Gasteiger partial charge in [0.1, 0.15) is 11.6 Å². The Morgan fingerprint density at radius 1 is 1.31 bits per heavy atom. The number of epoxide rings is 1. The Hall–Kier alpha value is -1.30. The van der Waals surface area contributed by atoms with Gasteiger partial charge in [-0.15, -0.1) is 0 Å². The van der Waals surface area contributed by atoms with E-state index in [1.165, 1.54) is 11.1 Å². The molecule has 2 aromatic rings. The summed E-state index contributed by atoms with van der Waals surface area (Å²) in [6.07, 6.45) is 5.09. The van der Waals surface area contributed by atoms with E-state index in [0.29, 0.717) is 0 Å². The lowest BCUT2D eigenvalue weighted by Crippen LogP contribution is -2.32. The molecule has 0 bridgehead atoms. The molecule has 0 unspecified atom stereocenters. The number of pyridine rings is 1. The van der Waals surface area contributed by atoms with Crippen LogP contribution in [0.5, 0.6) is 5.75 Å². The van der Waals surface area contributed by atoms with Crippen molar-refractivity contribution in [3.05, 3.63) is 51.1 Å². The van der Waals surface area contributed by atoms with Gasteiger partial charge in [-0.2, -0.15) is 0 Å². The van der Waals surface area contributed by atoms with Crippen LogP contribution in [0.15, 0.2) is 34.9 Å². The number of rotatable bonds is 3. The molecule has 0 amide bonds. The van der Waals surface area contributed by atoms with Gasteiger partial charge >= 0.3 is 0 Å². The molecule has 0 N–H and O–H groups in total. The minimum Gasteiger partial charge on any atom is -0.497 e. The zero-order valence-electron chi connectivity index (χ0n) is 14.6. The number of aromatic nitrogens is 1. The first kappa shape index (κ1) is 16.8. The second kappa shape index (κ2) is 5.85. The summed E-state index contributed by atoms with van der Waals surface area (Å²) < 4.78 is 11.9. The van der Waals surface area contributed by atoms with E-state index in [4.69, 9.17) is 26.1 Å². The van der Waals surface area contributed by atoms with Gasteiger partial charge in [0.2, 0.25) is 0 Å². The van der Waals surface area contributed by atoms with E-state index in [-0.39, 0.29) is 11.0 Å². The highest BCUT2D eigenvalue weighted by Gasteiger charge is 2.60. The maximum absolute atomic E-state index is 6.76. The third kappa shape index (κ3) is 2.55. The Balaban J connectivity index is 1.51. The fourth-order valence-electron chi connectivity index (χ4n) is 4.73. The van der Waals surface area contributed by atoms with E-state index in [0.717, 1.165) is 60.0 Å². The number of halogens is 2. The molecule has 1 saturated carbocycles. The first-order valence-electron chi connectivity index (χ1n) is 8.91. The molecule has 5 rings (SSSR count). The molecule has 1 aromatic carbocycles. The summed E-state index contributed by atoms with van der Waals surface area (Å²) in [6.45, 7) is 2.65. The van der Waals surface area contributed by atoms with Crippen LogP contribution in [-0.2, 0) is 16.7 Å². The third-order valence-corrected chi connectivity index (χ3v) is 7.30. The van der Waals surface area contributed by atoms with Crippen LogP contribution in [0.1, 0.15) is 30.4 Å². The maximum atomic E-state index is 6.76. The van der Waals surface area contributed by atoms with Crippen LogP contribution in [-0.4, -0.2) is 30.8 Å². The topological polar surface area (TPSA) is 37.9 Å². The summed E-state index contributed by atoms with van der Waals surface area (Å²) in [7, 11) is 1.69. The second-order valence-electron chi connectivity index (χ2n) is 7.75. The fraction of sp³-hybridized carbons (Fsp3) is 0.450. The highest BCUT2D eigenvalue weighted by Crippen LogP contribution is 2.60. The van der Waals surface area contributed by atoms with Gasteiger partial charge in [0.05, 0.1) is 28.8 Å². The van der Waals surface area contributed by atoms with Gasteiger partial charge in [-0.3, -0.25) is 0 Å². The highest BCUT2D eigenvalue weighted by molar-refractivity contribution is 9.10. The zero-order chi connectivity index (χ0) is 17.9. The third-order valence-electron chi connectivity index (χ3n) is 6.08. The molecule has 6 heteroatoms. The standard InChI is InChI=1S/C20H20BrClN2O2/c1-25-14-4-2-13(3-5-14)9-24-11-19(6-7-20(10-19)12-26-20)16-17(22)15(21)8-23-18(16)24/h2-5,8H,6-7,9-12H2,1H3/t19-,20+/m0/s1. The quantitative estimate of drug-likeness (QED) is 0.654. The maximum Gasteiger partial charge on any atom is 0.134 e. The zero-order valence-corrected chi connectivity index (χ0v) is 16.9. The number of fused-ring (bicyclic) bond motifs is 2. The van der Waals surface area contributed by atoms with Crippen molar-refractivity contribution in [3.63, 3.8) is 0 Å². The summed E-state index contributed by atoms with van der Waals surface area (Å²) in [5.74, 6) is 1.90. The van der Waals surface area contributed by atoms with Crippen molar-refractivity contribution in [2.24, 2.45) is 0 Å². The molecule has 136 valence electrons. The number of hydrogen-bond acceptors (Lipinski definition) is 4. The van der Waals surface area contributed by atoms with E-state index < -0.39 is 0 Å². The Labute approximate surface area is 166 Å². The van der Waals surface area contributed by atoms with Crippen molar-refractivity contribution in [2.45, 2.75) is 36.8 Å². The van der Waals surface area contributed by atoms with Gasteiger partial charge in [-0.25, -0.2) is 4.98 Å². The molecule has 1 aliphatic carbocycles. The average Bonchev–Trinajstić information content (AvgIpc) is 3.20. The predicted molar refractivity (Wildman–Crippen MR) is 105 cm³/mol. The minimum atomic E-state index is 0.0478. The summed E-state index contributed by atoms with van der Waals surface area (Å²) >= 11 is 10.3. The van der Waals surface area contributed by atoms with Gasteiger partial charge in [-0.1, -0.05) is 23.7 Å². The number of hydrogen-bond donors (Lipinski definition) is 0. The molecule has 2 spiro atoms. The Morgan fingerprint density at radius 2 is 2.08 bits per heavy atom. The van der Waals surface area contributed by atoms with Crippen molar-refractivity contribution in [1.29, 1.82) is 0 Å². The number of nitrogens with zero attached hydrogens (tertiary/aromatic N) is 2. The van der Waals surface area contributed by atoms with Crippen LogP contribution < -0.4 is 9.64 Å². The minimum absolute atomic E-state index is 0.0478. The van der Waals surface area contributed by atoms with Crippen LogP contribution >= 0.6 is 27.5 Å². The molecule has 4 nitrogen and oxygen atoms in total. The molecule has 26 heavy (non-hydrogen) atoms. The summed E-state index contributed by atoms with van der Waals surface area (Å²) in [4.78, 5) is 7.12. The molecule has 3 heterocycles. The molecule has 2 atom stereocenters. The molecule has 3 aliphatic rings. The smallest absolute Gasteiger partial charge is 0.134 e. The highest BCUT2D eigenvalue weighted by atomic mass is 79.9. The van der Waals surface area contributed by atoms with Gasteiger partial charge in [0.15, 0.2) is 0 Å². The van der Waals surface area contributed by atoms with Crippen LogP contribution in [0.3, 0.4) is 0 Å². The van der Waals surface area contributed by atoms with E-state index in [9.17, 15) is 0 Å². The molecular weight excluding hydrogens is 416 g/mol. The molecule has 0 radical (unpaired) electrons. The molecule has 2 fully saturated rings. The van der Waals surface area contributed by atoms with Crippen molar-refractivity contribution in [2.75, 3.05) is 25.2 Å². The number of methoxy groups -OCH3 is 1. The van der Waals surface area contributed by atoms with Crippen molar-refractivity contribution in [3.8, 4) is 5.75 Å².